The van der Waals surface area contributed by atoms with Gasteiger partial charge < -0.3 is 10.2 Å². The highest BCUT2D eigenvalue weighted by atomic mass is 16.2. The molecule has 138 valence electrons. The van der Waals surface area contributed by atoms with Crippen LogP contribution in [0, 0.1) is 6.92 Å². The molecule has 2 heterocycles. The van der Waals surface area contributed by atoms with E-state index in [2.05, 4.69) is 15.6 Å². The van der Waals surface area contributed by atoms with Gasteiger partial charge in [0, 0.05) is 18.6 Å². The summed E-state index contributed by atoms with van der Waals surface area (Å²) in [6.07, 6.45) is 0. The molecule has 0 bridgehead atoms. The molecule has 1 aromatic carbocycles. The third-order valence-corrected chi connectivity index (χ3v) is 4.12. The molecular weight excluding hydrogens is 332 g/mol. The first-order chi connectivity index (χ1) is 12.3. The van der Waals surface area contributed by atoms with E-state index in [9.17, 15) is 9.59 Å². The van der Waals surface area contributed by atoms with Gasteiger partial charge in [-0.1, -0.05) is 23.4 Å². The van der Waals surface area contributed by atoms with E-state index in [1.165, 1.54) is 4.90 Å². The van der Waals surface area contributed by atoms with Crippen molar-refractivity contribution >= 4 is 17.8 Å². The topological polar surface area (TPSA) is 83.4 Å². The normalized spacial score (nSPS) is 15.3. The molecule has 0 radical (unpaired) electrons. The van der Waals surface area contributed by atoms with Crippen molar-refractivity contribution in [1.29, 1.82) is 0 Å². The third-order valence-electron chi connectivity index (χ3n) is 4.12. The van der Waals surface area contributed by atoms with Crippen LogP contribution in [0.5, 0.6) is 0 Å². The van der Waals surface area contributed by atoms with Gasteiger partial charge in [-0.05, 0) is 39.8 Å². The number of para-hydroxylation sites is 1. The van der Waals surface area contributed by atoms with Gasteiger partial charge in [-0.15, -0.1) is 5.10 Å². The predicted octanol–water partition coefficient (Wildman–Crippen LogP) is 1.73. The van der Waals surface area contributed by atoms with Crippen LogP contribution in [0.15, 0.2) is 30.3 Å². The lowest BCUT2D eigenvalue weighted by Gasteiger charge is -2.35. The number of benzene rings is 1. The van der Waals surface area contributed by atoms with E-state index in [1.54, 1.807) is 9.58 Å². The number of amides is 3. The van der Waals surface area contributed by atoms with Crippen LogP contribution in [-0.4, -0.2) is 57.0 Å². The van der Waals surface area contributed by atoms with E-state index in [1.807, 2.05) is 58.0 Å². The van der Waals surface area contributed by atoms with E-state index in [4.69, 9.17) is 0 Å². The number of urea groups is 1. The molecule has 0 aliphatic carbocycles. The summed E-state index contributed by atoms with van der Waals surface area (Å²) in [7, 11) is 0. The molecule has 1 saturated heterocycles. The molecule has 1 aliphatic heterocycles. The minimum atomic E-state index is -0.341. The van der Waals surface area contributed by atoms with Gasteiger partial charge in [-0.25, -0.2) is 9.48 Å². The van der Waals surface area contributed by atoms with E-state index < -0.39 is 0 Å². The van der Waals surface area contributed by atoms with Crippen molar-refractivity contribution in [2.45, 2.75) is 33.2 Å². The van der Waals surface area contributed by atoms with E-state index >= 15 is 0 Å². The molecule has 3 amide bonds. The molecule has 26 heavy (non-hydrogen) atoms. The van der Waals surface area contributed by atoms with Crippen molar-refractivity contribution in [3.8, 4) is 5.69 Å². The first-order valence-electron chi connectivity index (χ1n) is 8.61. The van der Waals surface area contributed by atoms with Crippen LogP contribution in [0.1, 0.15) is 26.5 Å². The molecule has 2 aromatic rings. The molecule has 0 spiro atoms. The Kier molecular flexibility index (Phi) is 4.67. The summed E-state index contributed by atoms with van der Waals surface area (Å²) in [6, 6.07) is 9.42. The summed E-state index contributed by atoms with van der Waals surface area (Å²) in [5, 5.41) is 11.3. The lowest BCUT2D eigenvalue weighted by atomic mass is 10.1. The second kappa shape index (κ2) is 6.78. The number of carbonyl (C=O) groups excluding carboxylic acids is 2. The summed E-state index contributed by atoms with van der Waals surface area (Å²) in [5.74, 6) is 0.373. The Labute approximate surface area is 152 Å². The van der Waals surface area contributed by atoms with Crippen molar-refractivity contribution in [2.24, 2.45) is 0 Å². The number of nitrogens with zero attached hydrogens (tertiary/aromatic N) is 5. The standard InChI is InChI=1S/C18H24N6O2/c1-13-16(20-21-24(13)14-8-6-5-7-9-14)23-11-10-22(12-15(23)25)17(26)19-18(2,3)4/h5-9H,10-12H2,1-4H3,(H,19,26). The molecule has 8 heteroatoms. The minimum absolute atomic E-state index is 0.0273. The van der Waals surface area contributed by atoms with Gasteiger partial charge in [0.1, 0.15) is 6.54 Å². The Balaban J connectivity index is 1.74. The second-order valence-corrected chi connectivity index (χ2v) is 7.39. The number of anilines is 1. The highest BCUT2D eigenvalue weighted by Gasteiger charge is 2.32. The molecule has 0 unspecified atom stereocenters. The first kappa shape index (κ1) is 17.9. The van der Waals surface area contributed by atoms with Crippen LogP contribution in [0.2, 0.25) is 0 Å². The largest absolute Gasteiger partial charge is 0.333 e. The SMILES string of the molecule is Cc1c(N2CCN(C(=O)NC(C)(C)C)CC2=O)nnn1-c1ccccc1. The Hall–Kier alpha value is -2.90. The summed E-state index contributed by atoms with van der Waals surface area (Å²) in [6.45, 7) is 8.49. The fraction of sp³-hybridized carbons (Fsp3) is 0.444. The maximum atomic E-state index is 12.6. The average molecular weight is 356 g/mol. The molecular formula is C18H24N6O2. The maximum absolute atomic E-state index is 12.6. The summed E-state index contributed by atoms with van der Waals surface area (Å²) < 4.78 is 1.71. The summed E-state index contributed by atoms with van der Waals surface area (Å²) >= 11 is 0. The fourth-order valence-electron chi connectivity index (χ4n) is 2.86. The summed E-state index contributed by atoms with van der Waals surface area (Å²) in [4.78, 5) is 28.0. The van der Waals surface area contributed by atoms with Crippen LogP contribution in [0.3, 0.4) is 0 Å². The summed E-state index contributed by atoms with van der Waals surface area (Å²) in [5.41, 5.74) is 1.34. The van der Waals surface area contributed by atoms with Gasteiger partial charge in [0.15, 0.2) is 5.82 Å². The van der Waals surface area contributed by atoms with Crippen molar-refractivity contribution in [2.75, 3.05) is 24.5 Å². The van der Waals surface area contributed by atoms with E-state index in [0.29, 0.717) is 18.9 Å². The predicted molar refractivity (Wildman–Crippen MR) is 98.3 cm³/mol. The smallest absolute Gasteiger partial charge is 0.318 e. The van der Waals surface area contributed by atoms with Gasteiger partial charge in [-0.3, -0.25) is 9.69 Å². The first-order valence-corrected chi connectivity index (χ1v) is 8.61. The van der Waals surface area contributed by atoms with Crippen LogP contribution in [0.25, 0.3) is 5.69 Å². The zero-order valence-electron chi connectivity index (χ0n) is 15.6. The number of rotatable bonds is 2. The monoisotopic (exact) mass is 356 g/mol. The molecule has 3 rings (SSSR count). The van der Waals surface area contributed by atoms with Crippen LogP contribution in [0.4, 0.5) is 10.6 Å². The molecule has 0 saturated carbocycles. The minimum Gasteiger partial charge on any atom is -0.333 e. The molecule has 1 aliphatic rings. The number of hydrogen-bond donors (Lipinski definition) is 1. The highest BCUT2D eigenvalue weighted by molar-refractivity contribution is 5.97. The van der Waals surface area contributed by atoms with Gasteiger partial charge in [-0.2, -0.15) is 0 Å². The fourth-order valence-corrected chi connectivity index (χ4v) is 2.86. The number of hydrogen-bond acceptors (Lipinski definition) is 4. The Morgan fingerprint density at radius 2 is 1.85 bits per heavy atom. The lowest BCUT2D eigenvalue weighted by molar-refractivity contribution is -0.120. The van der Waals surface area contributed by atoms with Gasteiger partial charge in [0.05, 0.1) is 11.4 Å². The van der Waals surface area contributed by atoms with Gasteiger partial charge >= 0.3 is 6.03 Å². The number of piperazine rings is 1. The van der Waals surface area contributed by atoms with Crippen molar-refractivity contribution < 1.29 is 9.59 Å². The maximum Gasteiger partial charge on any atom is 0.318 e. The van der Waals surface area contributed by atoms with Crippen molar-refractivity contribution in [3.63, 3.8) is 0 Å². The quantitative estimate of drug-likeness (QED) is 0.888. The number of aromatic nitrogens is 3. The Morgan fingerprint density at radius 3 is 2.46 bits per heavy atom. The molecule has 1 fully saturated rings. The van der Waals surface area contributed by atoms with E-state index in [0.717, 1.165) is 11.4 Å². The Morgan fingerprint density at radius 1 is 1.15 bits per heavy atom. The number of nitrogens with one attached hydrogen (secondary N) is 1. The van der Waals surface area contributed by atoms with E-state index in [-0.39, 0.29) is 24.0 Å². The third kappa shape index (κ3) is 3.68. The van der Waals surface area contributed by atoms with Crippen molar-refractivity contribution in [1.82, 2.24) is 25.2 Å². The van der Waals surface area contributed by atoms with Crippen LogP contribution < -0.4 is 10.2 Å². The molecule has 8 nitrogen and oxygen atoms in total. The second-order valence-electron chi connectivity index (χ2n) is 7.39. The van der Waals surface area contributed by atoms with Gasteiger partial charge in [0.25, 0.3) is 0 Å². The van der Waals surface area contributed by atoms with Gasteiger partial charge in [0.2, 0.25) is 5.91 Å². The Bertz CT molecular complexity index is 809. The zero-order valence-corrected chi connectivity index (χ0v) is 15.6. The average Bonchev–Trinajstić information content (AvgIpc) is 2.95. The van der Waals surface area contributed by atoms with Crippen LogP contribution >= 0.6 is 0 Å². The lowest BCUT2D eigenvalue weighted by Crippen LogP contribution is -2.57. The highest BCUT2D eigenvalue weighted by Crippen LogP contribution is 2.21. The number of carbonyl (C=O) groups is 2. The molecule has 1 N–H and O–H groups in total. The molecule has 1 aromatic heterocycles. The van der Waals surface area contributed by atoms with Crippen LogP contribution in [-0.2, 0) is 4.79 Å². The molecule has 0 atom stereocenters. The van der Waals surface area contributed by atoms with Crippen molar-refractivity contribution in [3.05, 3.63) is 36.0 Å². The zero-order chi connectivity index (χ0) is 18.9.